The predicted octanol–water partition coefficient (Wildman–Crippen LogP) is 0.993. The maximum absolute atomic E-state index is 8.49. The van der Waals surface area contributed by atoms with Gasteiger partial charge in [0.15, 0.2) is 24.6 Å². The fourth-order valence-corrected chi connectivity index (χ4v) is 20.0. The molecule has 0 bridgehead atoms. The molecule has 0 amide bonds. The van der Waals surface area contributed by atoms with Gasteiger partial charge in [-0.25, -0.2) is 47.2 Å². The number of aromatic amines is 2. The van der Waals surface area contributed by atoms with E-state index in [4.69, 9.17) is 47.2 Å². The molecule has 12 nitrogen and oxygen atoms in total. The van der Waals surface area contributed by atoms with E-state index in [9.17, 15) is 0 Å². The normalized spacial score (nSPS) is 11.7. The summed E-state index contributed by atoms with van der Waals surface area (Å²) in [6.07, 6.45) is 0. The monoisotopic (exact) mass is 1070 g/mol. The zero-order chi connectivity index (χ0) is 50.6. The molecule has 0 fully saturated rings. The van der Waals surface area contributed by atoms with E-state index in [2.05, 4.69) is 253 Å². The molecule has 0 spiro atoms. The number of nitrogens with zero attached hydrogens (tertiary/aromatic N) is 2. The average Bonchev–Trinajstić information content (AvgIpc) is 4.03. The van der Waals surface area contributed by atoms with Crippen LogP contribution in [0.2, 0.25) is 0 Å². The molecule has 0 unspecified atom stereocenters. The third kappa shape index (κ3) is 12.4. The molecule has 0 saturated heterocycles. The average molecular weight is 1070 g/mol. The summed E-state index contributed by atoms with van der Waals surface area (Å²) in [6.45, 7) is 0. The van der Waals surface area contributed by atoms with Crippen molar-refractivity contribution in [2.24, 2.45) is 0 Å². The van der Waals surface area contributed by atoms with Crippen LogP contribution in [0.15, 0.2) is 253 Å². The number of imidazole rings is 2. The molecule has 10 aromatic rings. The number of halogens is 2. The largest absolute Gasteiger partial charge is 0.307 e. The summed E-state index contributed by atoms with van der Waals surface area (Å²) < 4.78 is 67.9. The van der Waals surface area contributed by atoms with Gasteiger partial charge >= 0.3 is 0 Å². The van der Waals surface area contributed by atoms with Crippen molar-refractivity contribution in [1.82, 2.24) is 19.9 Å². The summed E-state index contributed by atoms with van der Waals surface area (Å²) in [5.74, 6) is 1.67. The van der Waals surface area contributed by atoms with Gasteiger partial charge in [0, 0.05) is 11.1 Å². The van der Waals surface area contributed by atoms with E-state index >= 15 is 0 Å². The van der Waals surface area contributed by atoms with Crippen LogP contribution in [0.5, 0.6) is 0 Å². The molecule has 362 valence electrons. The number of aromatic nitrogens is 4. The Labute approximate surface area is 429 Å². The third-order valence-electron chi connectivity index (χ3n) is 11.1. The molecule has 72 heavy (non-hydrogen) atoms. The van der Waals surface area contributed by atoms with Crippen LogP contribution in [0.3, 0.4) is 0 Å². The van der Waals surface area contributed by atoms with E-state index < -0.39 is 35.0 Å². The van der Waals surface area contributed by atoms with Crippen LogP contribution in [0.25, 0.3) is 22.8 Å². The lowest BCUT2D eigenvalue weighted by molar-refractivity contribution is -2.00. The van der Waals surface area contributed by atoms with Gasteiger partial charge < -0.3 is 9.97 Å². The standard InChI is InChI=1S/C54H42N4P2S2.2ClHO4/c1-9-25-41(26-10-1)49-55-51(59(43-29-13-3-14-30-43,44-31-15-4-16-32-44)45-33-17-5-18-34-45)53(57-49)61-62-54-52(56-50(58-54)42-27-11-2-12-28-42)60(46-35-19-6-20-36-46,47-37-21-7-22-38-47)48-39-23-8-24-40-48;2*2-1(3,4)5/h1-40H,(H,55,57)(H,56,58);2*(H,2,3,4,5)/q+2;;/p-2. The molecule has 10 rings (SSSR count). The van der Waals surface area contributed by atoms with Crippen LogP contribution >= 0.6 is 36.1 Å². The first-order valence-corrected chi connectivity index (χ1v) is 30.0. The van der Waals surface area contributed by atoms with Crippen molar-refractivity contribution in [2.45, 2.75) is 10.1 Å². The lowest BCUT2D eigenvalue weighted by atomic mass is 10.2. The summed E-state index contributed by atoms with van der Waals surface area (Å²) in [4.78, 5) is 19.1. The molecule has 2 heterocycles. The van der Waals surface area contributed by atoms with Gasteiger partial charge in [0.25, 0.3) is 0 Å². The highest BCUT2D eigenvalue weighted by Gasteiger charge is 2.54. The molecule has 2 N–H and O–H groups in total. The minimum absolute atomic E-state index is 0.836. The lowest BCUT2D eigenvalue weighted by Crippen LogP contribution is -2.68. The van der Waals surface area contributed by atoms with Crippen LogP contribution in [-0.4, -0.2) is 19.9 Å². The zero-order valence-corrected chi connectivity index (χ0v) is 42.7. The highest BCUT2D eigenvalue weighted by Crippen LogP contribution is 2.59. The molecule has 0 aliphatic rings. The van der Waals surface area contributed by atoms with Crippen molar-refractivity contribution < 1.29 is 57.8 Å². The maximum Gasteiger partial charge on any atom is 0.211 e. The summed E-state index contributed by atoms with van der Waals surface area (Å²) >= 11 is 0. The molecule has 18 heteroatoms. The Morgan fingerprint density at radius 1 is 0.292 bits per heavy atom. The van der Waals surface area contributed by atoms with Gasteiger partial charge in [-0.05, 0) is 94.4 Å². The van der Waals surface area contributed by atoms with E-state index in [1.807, 2.05) is 0 Å². The van der Waals surface area contributed by atoms with Crippen molar-refractivity contribution in [2.75, 3.05) is 0 Å². The second-order valence-corrected chi connectivity index (χ2v) is 25.8. The fourth-order valence-electron chi connectivity index (χ4n) is 8.39. The molecular weight excluding hydrogens is 1030 g/mol. The number of H-pyrrole nitrogens is 2. The van der Waals surface area contributed by atoms with Gasteiger partial charge in [-0.2, -0.15) is 0 Å². The Morgan fingerprint density at radius 3 is 0.667 bits per heavy atom. The van der Waals surface area contributed by atoms with E-state index in [-0.39, 0.29) is 0 Å². The van der Waals surface area contributed by atoms with Crippen LogP contribution in [-0.2, 0) is 0 Å². The fraction of sp³-hybridized carbons (Fsp3) is 0. The molecule has 0 radical (unpaired) electrons. The summed E-state index contributed by atoms with van der Waals surface area (Å²) in [5, 5.41) is 9.36. The Bertz CT molecular complexity index is 2810. The first-order chi connectivity index (χ1) is 34.8. The second kappa shape index (κ2) is 23.7. The second-order valence-electron chi connectivity index (χ2n) is 15.5. The van der Waals surface area contributed by atoms with Crippen LogP contribution < -0.4 is 80.0 Å². The molecule has 2 aromatic heterocycles. The van der Waals surface area contributed by atoms with Crippen molar-refractivity contribution in [3.63, 3.8) is 0 Å². The number of rotatable bonds is 13. The molecule has 0 saturated carbocycles. The van der Waals surface area contributed by atoms with Crippen LogP contribution in [0.1, 0.15) is 0 Å². The van der Waals surface area contributed by atoms with Crippen molar-refractivity contribution in [1.29, 1.82) is 0 Å². The highest BCUT2D eigenvalue weighted by molar-refractivity contribution is 8.76. The maximum atomic E-state index is 8.49. The number of hydrogen-bond acceptors (Lipinski definition) is 12. The van der Waals surface area contributed by atoms with Crippen LogP contribution in [0, 0.1) is 20.5 Å². The molecule has 8 aromatic carbocycles. The van der Waals surface area contributed by atoms with Gasteiger partial charge in [0.2, 0.25) is 10.9 Å². The van der Waals surface area contributed by atoms with Crippen molar-refractivity contribution in [3.8, 4) is 22.8 Å². The van der Waals surface area contributed by atoms with Gasteiger partial charge in [-0.3, -0.25) is 0 Å². The highest BCUT2D eigenvalue weighted by atomic mass is 35.7. The van der Waals surface area contributed by atoms with E-state index in [1.54, 1.807) is 21.6 Å². The third-order valence-corrected chi connectivity index (χ3v) is 22.0. The zero-order valence-electron chi connectivity index (χ0n) is 37.7. The SMILES string of the molecule is [O-][Cl+3]([O-])([O-])[O-].[O-][Cl+3]([O-])([O-])[O-].c1ccc(-c2nc(SSc3nc(-c4ccccc4)[nH]c3[P+](c3ccccc3)(c3ccccc3)c3ccccc3)c([P+](c3ccccc3)(c3ccccc3)c3ccccc3)[nH]2)cc1. The predicted molar refractivity (Wildman–Crippen MR) is 269 cm³/mol. The summed E-state index contributed by atoms with van der Waals surface area (Å²) in [6, 6.07) is 86.9. The van der Waals surface area contributed by atoms with Crippen molar-refractivity contribution >= 4 is 78.8 Å². The Morgan fingerprint density at radius 2 is 0.472 bits per heavy atom. The van der Waals surface area contributed by atoms with E-state index in [0.717, 1.165) is 43.7 Å². The molecule has 0 atom stereocenters. The Balaban J connectivity index is 0.000000634. The first-order valence-electron chi connectivity index (χ1n) is 21.8. The summed E-state index contributed by atoms with van der Waals surface area (Å²) in [7, 11) is -11.6. The lowest BCUT2D eigenvalue weighted by Gasteiger charge is -2.27. The van der Waals surface area contributed by atoms with Crippen LogP contribution in [0.4, 0.5) is 0 Å². The first kappa shape index (κ1) is 52.3. The minimum Gasteiger partial charge on any atom is -0.307 e. The van der Waals surface area contributed by atoms with Gasteiger partial charge in [0.05, 0.1) is 0 Å². The van der Waals surface area contributed by atoms with E-state index in [0.29, 0.717) is 0 Å². The quantitative estimate of drug-likeness (QED) is 0.121. The van der Waals surface area contributed by atoms with Gasteiger partial charge in [-0.1, -0.05) is 170 Å². The Kier molecular flexibility index (Phi) is 17.2. The number of hydrogen-bond donors (Lipinski definition) is 2. The number of nitrogens with one attached hydrogen (secondary N) is 2. The minimum atomic E-state index is -4.94. The van der Waals surface area contributed by atoms with Gasteiger partial charge in [-0.15, -0.1) is 20.5 Å². The van der Waals surface area contributed by atoms with Crippen molar-refractivity contribution in [3.05, 3.63) is 243 Å². The van der Waals surface area contributed by atoms with E-state index in [1.165, 1.54) is 31.8 Å². The van der Waals surface area contributed by atoms with Gasteiger partial charge in [0.1, 0.15) is 43.5 Å². The Hall–Kier alpha value is -6.00. The topological polar surface area (TPSA) is 242 Å². The molecular formula is C54H42Cl2N4O8P2S2. The number of benzene rings is 8. The molecule has 0 aliphatic carbocycles. The summed E-state index contributed by atoms with van der Waals surface area (Å²) in [5.41, 5.74) is 4.28. The molecule has 0 aliphatic heterocycles. The smallest absolute Gasteiger partial charge is 0.211 e.